The molecule has 0 unspecified atom stereocenters. The molecule has 0 aliphatic rings. The van der Waals surface area contributed by atoms with Crippen molar-refractivity contribution in [2.24, 2.45) is 0 Å². The Morgan fingerprint density at radius 1 is 1.16 bits per heavy atom. The molecule has 25 heavy (non-hydrogen) atoms. The second-order valence-corrected chi connectivity index (χ2v) is 7.13. The molecule has 1 heterocycles. The fourth-order valence-corrected chi connectivity index (χ4v) is 3.32. The van der Waals surface area contributed by atoms with Crippen LogP contribution >= 0.6 is 11.3 Å². The number of nitrogens with two attached hydrogens (primary N) is 1. The van der Waals surface area contributed by atoms with Gasteiger partial charge in [-0.3, -0.25) is 4.79 Å². The summed E-state index contributed by atoms with van der Waals surface area (Å²) in [5.41, 5.74) is 2.24. The second kappa shape index (κ2) is 8.49. The highest BCUT2D eigenvalue weighted by Crippen LogP contribution is 2.24. The number of rotatable bonds is 7. The number of carbonyl (C=O) groups is 1. The van der Waals surface area contributed by atoms with Crippen molar-refractivity contribution in [3.8, 4) is 0 Å². The highest BCUT2D eigenvalue weighted by atomic mass is 32.1. The second-order valence-electron chi connectivity index (χ2n) is 6.15. The van der Waals surface area contributed by atoms with E-state index in [-0.39, 0.29) is 12.6 Å². The number of alkyl halides is 3. The van der Waals surface area contributed by atoms with Crippen LogP contribution in [0.2, 0.25) is 0 Å². The van der Waals surface area contributed by atoms with Gasteiger partial charge in [0.05, 0.1) is 4.88 Å². The van der Waals surface area contributed by atoms with E-state index in [4.69, 9.17) is 0 Å². The molecule has 1 aromatic carbocycles. The van der Waals surface area contributed by atoms with Crippen molar-refractivity contribution < 1.29 is 23.3 Å². The Bertz CT molecular complexity index is 667. The normalized spacial score (nSPS) is 13.0. The number of nitrogens with one attached hydrogen (secondary N) is 1. The molecule has 2 aromatic rings. The van der Waals surface area contributed by atoms with Crippen molar-refractivity contribution in [1.29, 1.82) is 0 Å². The minimum absolute atomic E-state index is 0.0649. The van der Waals surface area contributed by atoms with Crippen LogP contribution in [-0.2, 0) is 4.79 Å². The smallest absolute Gasteiger partial charge is 0.342 e. The molecule has 0 saturated carbocycles. The molecule has 2 rings (SSSR count). The minimum Gasteiger partial charge on any atom is -0.342 e. The Hall–Kier alpha value is -1.86. The van der Waals surface area contributed by atoms with E-state index in [0.29, 0.717) is 5.92 Å². The molecule has 7 heteroatoms. The molecule has 0 fully saturated rings. The van der Waals surface area contributed by atoms with E-state index in [1.807, 2.05) is 35.0 Å². The molecule has 0 spiro atoms. The van der Waals surface area contributed by atoms with Gasteiger partial charge in [0, 0.05) is 5.56 Å². The van der Waals surface area contributed by atoms with Crippen LogP contribution in [-0.4, -0.2) is 25.2 Å². The molecule has 0 bridgehead atoms. The maximum atomic E-state index is 12.2. The quantitative estimate of drug-likeness (QED) is 0.771. The zero-order chi connectivity index (χ0) is 18.4. The highest BCUT2D eigenvalue weighted by Gasteiger charge is 2.28. The summed E-state index contributed by atoms with van der Waals surface area (Å²) in [4.78, 5) is 12.8. The summed E-state index contributed by atoms with van der Waals surface area (Å²) in [5, 5.41) is 5.62. The zero-order valence-corrected chi connectivity index (χ0v) is 15.0. The van der Waals surface area contributed by atoms with Crippen molar-refractivity contribution in [3.63, 3.8) is 0 Å². The van der Waals surface area contributed by atoms with E-state index in [9.17, 15) is 18.0 Å². The highest BCUT2D eigenvalue weighted by molar-refractivity contribution is 7.10. The SMILES string of the molecule is CC(C)c1ccc([C@@H]([NH2+]CC(=O)NCC(F)(F)F)c2cccs2)cc1. The number of carbonyl (C=O) groups excluding carboxylic acids is 1. The molecule has 1 amide bonds. The molecule has 0 aliphatic heterocycles. The zero-order valence-electron chi connectivity index (χ0n) is 14.1. The van der Waals surface area contributed by atoms with Crippen LogP contribution in [0.3, 0.4) is 0 Å². The molecule has 1 aromatic heterocycles. The van der Waals surface area contributed by atoms with Gasteiger partial charge in [-0.2, -0.15) is 13.2 Å². The lowest BCUT2D eigenvalue weighted by molar-refractivity contribution is -0.676. The van der Waals surface area contributed by atoms with Crippen molar-refractivity contribution >= 4 is 17.2 Å². The van der Waals surface area contributed by atoms with E-state index in [2.05, 4.69) is 26.0 Å². The van der Waals surface area contributed by atoms with Crippen molar-refractivity contribution in [1.82, 2.24) is 5.32 Å². The Morgan fingerprint density at radius 2 is 1.80 bits per heavy atom. The maximum absolute atomic E-state index is 12.2. The monoisotopic (exact) mass is 371 g/mol. The number of hydrogen-bond acceptors (Lipinski definition) is 2. The predicted octanol–water partition coefficient (Wildman–Crippen LogP) is 3.20. The molecule has 3 N–H and O–H groups in total. The standard InChI is InChI=1S/C18H21F3N2OS/c1-12(2)13-5-7-14(8-6-13)17(15-4-3-9-25-15)22-10-16(24)23-11-18(19,20)21/h3-9,12,17,22H,10-11H2,1-2H3,(H,23,24)/p+1/t17-/m1/s1. The van der Waals surface area contributed by atoms with Crippen LogP contribution in [0.25, 0.3) is 0 Å². The summed E-state index contributed by atoms with van der Waals surface area (Å²) >= 11 is 1.56. The Balaban J connectivity index is 2.06. The van der Waals surface area contributed by atoms with Crippen LogP contribution < -0.4 is 10.6 Å². The van der Waals surface area contributed by atoms with Crippen molar-refractivity contribution in [2.45, 2.75) is 32.0 Å². The topological polar surface area (TPSA) is 45.7 Å². The number of hydrogen-bond donors (Lipinski definition) is 2. The molecule has 0 radical (unpaired) electrons. The first-order valence-electron chi connectivity index (χ1n) is 8.06. The van der Waals surface area contributed by atoms with Crippen LogP contribution in [0.1, 0.15) is 41.8 Å². The van der Waals surface area contributed by atoms with E-state index >= 15 is 0 Å². The molecular weight excluding hydrogens is 349 g/mol. The average molecular weight is 371 g/mol. The van der Waals surface area contributed by atoms with Gasteiger partial charge in [0.15, 0.2) is 6.54 Å². The number of halogens is 3. The Morgan fingerprint density at radius 3 is 2.32 bits per heavy atom. The number of thiophene rings is 1. The first kappa shape index (κ1) is 19.5. The molecule has 0 aliphatic carbocycles. The molecule has 0 saturated heterocycles. The largest absolute Gasteiger partial charge is 0.405 e. The predicted molar refractivity (Wildman–Crippen MR) is 92.6 cm³/mol. The first-order chi connectivity index (χ1) is 11.8. The third-order valence-corrected chi connectivity index (χ3v) is 4.79. The Labute approximate surface area is 149 Å². The molecule has 3 nitrogen and oxygen atoms in total. The number of benzene rings is 1. The van der Waals surface area contributed by atoms with Crippen molar-refractivity contribution in [3.05, 3.63) is 57.8 Å². The van der Waals surface area contributed by atoms with Crippen LogP contribution in [0, 0.1) is 0 Å². The first-order valence-corrected chi connectivity index (χ1v) is 8.94. The maximum Gasteiger partial charge on any atom is 0.405 e. The fraction of sp³-hybridized carbons (Fsp3) is 0.389. The lowest BCUT2D eigenvalue weighted by Gasteiger charge is -2.16. The summed E-state index contributed by atoms with van der Waals surface area (Å²) in [5.74, 6) is -0.205. The fourth-order valence-electron chi connectivity index (χ4n) is 2.47. The lowest BCUT2D eigenvalue weighted by atomic mass is 9.98. The van der Waals surface area contributed by atoms with Crippen LogP contribution in [0.15, 0.2) is 41.8 Å². The van der Waals surface area contributed by atoms with E-state index < -0.39 is 18.6 Å². The van der Waals surface area contributed by atoms with E-state index in [1.165, 1.54) is 5.56 Å². The minimum atomic E-state index is -4.39. The summed E-state index contributed by atoms with van der Waals surface area (Å²) in [6, 6.07) is 11.9. The van der Waals surface area contributed by atoms with Gasteiger partial charge in [-0.15, -0.1) is 11.3 Å². The summed E-state index contributed by atoms with van der Waals surface area (Å²) in [6.07, 6.45) is -4.39. The summed E-state index contributed by atoms with van der Waals surface area (Å²) < 4.78 is 36.5. The van der Waals surface area contributed by atoms with Crippen LogP contribution in [0.4, 0.5) is 13.2 Å². The van der Waals surface area contributed by atoms with E-state index in [1.54, 1.807) is 16.7 Å². The van der Waals surface area contributed by atoms with Gasteiger partial charge in [-0.1, -0.05) is 44.2 Å². The molecule has 136 valence electrons. The summed E-state index contributed by atoms with van der Waals surface area (Å²) in [7, 11) is 0. The van der Waals surface area contributed by atoms with Gasteiger partial charge >= 0.3 is 6.18 Å². The van der Waals surface area contributed by atoms with Crippen molar-refractivity contribution in [2.75, 3.05) is 13.1 Å². The Kier molecular flexibility index (Phi) is 6.61. The van der Waals surface area contributed by atoms with Gasteiger partial charge < -0.3 is 10.6 Å². The number of amides is 1. The van der Waals surface area contributed by atoms with Gasteiger partial charge in [0.1, 0.15) is 12.6 Å². The van der Waals surface area contributed by atoms with Gasteiger partial charge in [-0.25, -0.2) is 0 Å². The number of quaternary nitrogens is 1. The molecule has 1 atom stereocenters. The van der Waals surface area contributed by atoms with E-state index in [0.717, 1.165) is 10.4 Å². The third-order valence-electron chi connectivity index (χ3n) is 3.84. The molecular formula is C18H22F3N2OS+. The lowest BCUT2D eigenvalue weighted by Crippen LogP contribution is -2.87. The van der Waals surface area contributed by atoms with Gasteiger partial charge in [-0.05, 0) is 22.9 Å². The summed E-state index contributed by atoms with van der Waals surface area (Å²) in [6.45, 7) is 2.86. The van der Waals surface area contributed by atoms with Crippen LogP contribution in [0.5, 0.6) is 0 Å². The van der Waals surface area contributed by atoms with Gasteiger partial charge in [0.2, 0.25) is 0 Å². The average Bonchev–Trinajstić information content (AvgIpc) is 3.07. The third kappa shape index (κ3) is 6.17. The van der Waals surface area contributed by atoms with Gasteiger partial charge in [0.25, 0.3) is 5.91 Å².